The molecular weight excluding hydrogens is 258 g/mol. The van der Waals surface area contributed by atoms with Gasteiger partial charge < -0.3 is 19.3 Å². The molecule has 0 amide bonds. The predicted octanol–water partition coefficient (Wildman–Crippen LogP) is 2.14. The fourth-order valence-electron chi connectivity index (χ4n) is 2.95. The topological polar surface area (TPSA) is 71.7 Å². The van der Waals surface area contributed by atoms with E-state index in [9.17, 15) is 5.11 Å². The van der Waals surface area contributed by atoms with Crippen LogP contribution in [0.2, 0.25) is 0 Å². The van der Waals surface area contributed by atoms with E-state index in [4.69, 9.17) is 19.5 Å². The van der Waals surface area contributed by atoms with Gasteiger partial charge in [0.25, 0.3) is 0 Å². The van der Waals surface area contributed by atoms with Crippen LogP contribution in [0.1, 0.15) is 29.2 Å². The Bertz CT molecular complexity index is 562. The largest absolute Gasteiger partial charge is 0.496 e. The van der Waals surface area contributed by atoms with Gasteiger partial charge in [-0.1, -0.05) is 0 Å². The molecule has 0 saturated carbocycles. The van der Waals surface area contributed by atoms with Crippen molar-refractivity contribution in [1.29, 1.82) is 5.26 Å². The van der Waals surface area contributed by atoms with Crippen molar-refractivity contribution >= 4 is 0 Å². The van der Waals surface area contributed by atoms with Gasteiger partial charge in [0.1, 0.15) is 5.75 Å². The second-order valence-corrected chi connectivity index (χ2v) is 4.84. The zero-order valence-electron chi connectivity index (χ0n) is 12.2. The van der Waals surface area contributed by atoms with E-state index in [1.807, 2.05) is 6.92 Å². The molecule has 0 fully saturated rings. The van der Waals surface area contributed by atoms with Crippen LogP contribution >= 0.6 is 0 Å². The summed E-state index contributed by atoms with van der Waals surface area (Å²) in [6.45, 7) is 1.85. The molecule has 108 valence electrons. The number of methoxy groups -OCH3 is 3. The fraction of sp³-hybridized carbons (Fsp3) is 0.533. The zero-order chi connectivity index (χ0) is 14.9. The maximum atomic E-state index is 10.4. The molecule has 5 heteroatoms. The summed E-state index contributed by atoms with van der Waals surface area (Å²) in [6.07, 6.45) is 0.384. The molecule has 0 spiro atoms. The molecule has 5 nitrogen and oxygen atoms in total. The van der Waals surface area contributed by atoms with Gasteiger partial charge in [0, 0.05) is 16.7 Å². The molecule has 0 radical (unpaired) electrons. The highest BCUT2D eigenvalue weighted by Crippen LogP contribution is 2.50. The number of nitriles is 1. The van der Waals surface area contributed by atoms with Gasteiger partial charge in [0.15, 0.2) is 11.5 Å². The summed E-state index contributed by atoms with van der Waals surface area (Å²) < 4.78 is 16.3. The lowest BCUT2D eigenvalue weighted by Gasteiger charge is -2.30. The van der Waals surface area contributed by atoms with E-state index in [0.29, 0.717) is 35.7 Å². The number of fused-ring (bicyclic) bond motifs is 1. The Hall–Kier alpha value is -1.93. The van der Waals surface area contributed by atoms with Crippen molar-refractivity contribution in [2.45, 2.75) is 25.9 Å². The van der Waals surface area contributed by atoms with E-state index >= 15 is 0 Å². The normalized spacial score (nSPS) is 20.8. The number of ether oxygens (including phenoxy) is 3. The van der Waals surface area contributed by atoms with Gasteiger partial charge in [-0.3, -0.25) is 0 Å². The van der Waals surface area contributed by atoms with Gasteiger partial charge in [0.2, 0.25) is 0 Å². The lowest BCUT2D eigenvalue weighted by atomic mass is 9.80. The van der Waals surface area contributed by atoms with Crippen molar-refractivity contribution in [3.63, 3.8) is 0 Å². The fourth-order valence-corrected chi connectivity index (χ4v) is 2.95. The lowest BCUT2D eigenvalue weighted by Crippen LogP contribution is -2.21. The molecule has 1 N–H and O–H groups in total. The monoisotopic (exact) mass is 277 g/mol. The van der Waals surface area contributed by atoms with Crippen molar-refractivity contribution in [2.24, 2.45) is 5.92 Å². The van der Waals surface area contributed by atoms with Crippen LogP contribution in [0, 0.1) is 24.2 Å². The average Bonchev–Trinajstić information content (AvgIpc) is 2.46. The maximum absolute atomic E-state index is 10.4. The molecule has 1 aromatic carbocycles. The van der Waals surface area contributed by atoms with Crippen LogP contribution in [0.5, 0.6) is 17.2 Å². The van der Waals surface area contributed by atoms with Crippen molar-refractivity contribution in [1.82, 2.24) is 0 Å². The average molecular weight is 277 g/mol. The molecule has 0 aliphatic heterocycles. The standard InChI is InChI=1S/C15H19NO4/c1-8-13(18-2)11-10(15(20-4)14(8)19-3)6-5-9(7-16)12(11)17/h9,12,17H,5-6H2,1-4H3/t9-,12+/m0/s1. The summed E-state index contributed by atoms with van der Waals surface area (Å²) in [5, 5.41) is 19.6. The number of rotatable bonds is 3. The number of hydrogen-bond acceptors (Lipinski definition) is 5. The van der Waals surface area contributed by atoms with Crippen LogP contribution < -0.4 is 14.2 Å². The minimum Gasteiger partial charge on any atom is -0.496 e. The highest BCUT2D eigenvalue weighted by Gasteiger charge is 2.35. The quantitative estimate of drug-likeness (QED) is 0.916. The minimum atomic E-state index is -0.864. The summed E-state index contributed by atoms with van der Waals surface area (Å²) in [6, 6.07) is 2.15. The first-order valence-electron chi connectivity index (χ1n) is 6.49. The van der Waals surface area contributed by atoms with Crippen molar-refractivity contribution in [3.05, 3.63) is 16.7 Å². The molecule has 1 aliphatic carbocycles. The van der Waals surface area contributed by atoms with E-state index in [1.165, 1.54) is 0 Å². The number of hydrogen-bond donors (Lipinski definition) is 1. The highest BCUT2D eigenvalue weighted by molar-refractivity contribution is 5.64. The molecule has 20 heavy (non-hydrogen) atoms. The molecule has 1 aliphatic rings. The van der Waals surface area contributed by atoms with Crippen LogP contribution in [-0.4, -0.2) is 26.4 Å². The second-order valence-electron chi connectivity index (χ2n) is 4.84. The Morgan fingerprint density at radius 2 is 1.70 bits per heavy atom. The molecule has 2 rings (SSSR count). The van der Waals surface area contributed by atoms with Crippen LogP contribution in [0.3, 0.4) is 0 Å². The Balaban J connectivity index is 2.76. The first-order chi connectivity index (χ1) is 9.60. The van der Waals surface area contributed by atoms with Gasteiger partial charge in [-0.25, -0.2) is 0 Å². The van der Waals surface area contributed by atoms with E-state index in [1.54, 1.807) is 21.3 Å². The van der Waals surface area contributed by atoms with Crippen molar-refractivity contribution in [3.8, 4) is 23.3 Å². The van der Waals surface area contributed by atoms with Crippen molar-refractivity contribution in [2.75, 3.05) is 21.3 Å². The van der Waals surface area contributed by atoms with Gasteiger partial charge >= 0.3 is 0 Å². The van der Waals surface area contributed by atoms with Gasteiger partial charge in [-0.2, -0.15) is 5.26 Å². The number of aliphatic hydroxyl groups excluding tert-OH is 1. The number of aliphatic hydroxyl groups is 1. The predicted molar refractivity (Wildman–Crippen MR) is 73.2 cm³/mol. The molecule has 0 bridgehead atoms. The molecule has 0 aromatic heterocycles. The van der Waals surface area contributed by atoms with E-state index < -0.39 is 12.0 Å². The molecule has 0 saturated heterocycles. The maximum Gasteiger partial charge on any atom is 0.167 e. The lowest BCUT2D eigenvalue weighted by molar-refractivity contribution is 0.116. The molecule has 0 unspecified atom stereocenters. The molecular formula is C15H19NO4. The summed E-state index contributed by atoms with van der Waals surface area (Å²) in [5.74, 6) is 1.39. The first-order valence-corrected chi connectivity index (χ1v) is 6.49. The third-order valence-electron chi connectivity index (χ3n) is 3.89. The summed E-state index contributed by atoms with van der Waals surface area (Å²) >= 11 is 0. The van der Waals surface area contributed by atoms with E-state index in [2.05, 4.69) is 6.07 Å². The summed E-state index contributed by atoms with van der Waals surface area (Å²) in [5.41, 5.74) is 2.29. The Morgan fingerprint density at radius 3 is 2.20 bits per heavy atom. The molecule has 0 heterocycles. The van der Waals surface area contributed by atoms with Crippen LogP contribution in [0.4, 0.5) is 0 Å². The van der Waals surface area contributed by atoms with E-state index in [-0.39, 0.29) is 0 Å². The Morgan fingerprint density at radius 1 is 1.10 bits per heavy atom. The highest BCUT2D eigenvalue weighted by atomic mass is 16.5. The third kappa shape index (κ3) is 1.97. The first kappa shape index (κ1) is 14.5. The van der Waals surface area contributed by atoms with Gasteiger partial charge in [0.05, 0.1) is 39.4 Å². The molecule has 2 atom stereocenters. The zero-order valence-corrected chi connectivity index (χ0v) is 12.2. The van der Waals surface area contributed by atoms with Crippen LogP contribution in [-0.2, 0) is 6.42 Å². The second kappa shape index (κ2) is 5.59. The number of benzene rings is 1. The third-order valence-corrected chi connectivity index (χ3v) is 3.89. The van der Waals surface area contributed by atoms with Gasteiger partial charge in [-0.05, 0) is 19.8 Å². The Labute approximate surface area is 118 Å². The van der Waals surface area contributed by atoms with Crippen LogP contribution in [0.15, 0.2) is 0 Å². The minimum absolute atomic E-state index is 0.422. The summed E-state index contributed by atoms with van der Waals surface area (Å²) in [4.78, 5) is 0. The molecule has 1 aromatic rings. The van der Waals surface area contributed by atoms with Crippen molar-refractivity contribution < 1.29 is 19.3 Å². The van der Waals surface area contributed by atoms with E-state index in [0.717, 1.165) is 11.1 Å². The summed E-state index contributed by atoms with van der Waals surface area (Å²) in [7, 11) is 4.71. The SMILES string of the molecule is COc1c(C)c(OC)c2c(c1OC)CC[C@@H](C#N)[C@H]2O. The number of nitrogens with zero attached hydrogens (tertiary/aromatic N) is 1. The Kier molecular flexibility index (Phi) is 4.05. The van der Waals surface area contributed by atoms with Crippen LogP contribution in [0.25, 0.3) is 0 Å². The van der Waals surface area contributed by atoms with Gasteiger partial charge in [-0.15, -0.1) is 0 Å². The smallest absolute Gasteiger partial charge is 0.167 e.